The van der Waals surface area contributed by atoms with Gasteiger partial charge in [0.05, 0.1) is 12.2 Å². The molecule has 17 heavy (non-hydrogen) atoms. The maximum atomic E-state index is 5.85. The fraction of sp³-hybridized carbons (Fsp3) is 0.0769. The van der Waals surface area contributed by atoms with Crippen molar-refractivity contribution in [3.8, 4) is 0 Å². The largest absolute Gasteiger partial charge is 0.273 e. The van der Waals surface area contributed by atoms with Gasteiger partial charge >= 0.3 is 0 Å². The van der Waals surface area contributed by atoms with Crippen molar-refractivity contribution < 1.29 is 0 Å². The molecule has 0 aliphatic carbocycles. The molecule has 0 N–H and O–H groups in total. The number of para-hydroxylation sites is 1. The highest BCUT2D eigenvalue weighted by molar-refractivity contribution is 6.34. The van der Waals surface area contributed by atoms with E-state index < -0.39 is 0 Å². The molecule has 0 heterocycles. The molecule has 0 aliphatic rings. The molecule has 0 fully saturated rings. The molecule has 0 amide bonds. The summed E-state index contributed by atoms with van der Waals surface area (Å²) in [5, 5.41) is 1.78. The second-order valence-corrected chi connectivity index (χ2v) is 4.41. The van der Waals surface area contributed by atoms with E-state index in [0.29, 0.717) is 6.54 Å². The van der Waals surface area contributed by atoms with Crippen molar-refractivity contribution >= 4 is 29.2 Å². The van der Waals surface area contributed by atoms with Crippen LogP contribution in [0.5, 0.6) is 0 Å². The van der Waals surface area contributed by atoms with Crippen LogP contribution in [0.3, 0.4) is 0 Å². The van der Waals surface area contributed by atoms with Crippen molar-refractivity contribution in [2.24, 2.45) is 0 Å². The van der Waals surface area contributed by atoms with E-state index >= 15 is 0 Å². The first kappa shape index (κ1) is 12.2. The zero-order chi connectivity index (χ0) is 12.1. The van der Waals surface area contributed by atoms with Crippen molar-refractivity contribution in [2.45, 2.75) is 6.54 Å². The molecule has 88 valence electrons. The number of halogens is 2. The Morgan fingerprint density at radius 2 is 1.29 bits per heavy atom. The molecule has 0 spiro atoms. The first-order valence-corrected chi connectivity index (χ1v) is 5.93. The van der Waals surface area contributed by atoms with Crippen LogP contribution in [0, 0.1) is 0 Å². The highest BCUT2D eigenvalue weighted by Gasteiger charge is 2.12. The average Bonchev–Trinajstić information content (AvgIpc) is 2.38. The quantitative estimate of drug-likeness (QED) is 0.604. The maximum absolute atomic E-state index is 5.85. The number of hydrogen-bond acceptors (Lipinski definition) is 2. The average molecular weight is 267 g/mol. The molecule has 0 aromatic heterocycles. The number of hydrogen-bond donors (Lipinski definition) is 0. The van der Waals surface area contributed by atoms with Crippen molar-refractivity contribution in [1.29, 1.82) is 0 Å². The molecule has 0 saturated carbocycles. The first-order valence-electron chi connectivity index (χ1n) is 5.25. The van der Waals surface area contributed by atoms with E-state index in [1.807, 2.05) is 60.7 Å². The Hall–Kier alpha value is -1.22. The third kappa shape index (κ3) is 3.37. The molecular weight excluding hydrogens is 255 g/mol. The zero-order valence-corrected chi connectivity index (χ0v) is 10.6. The lowest BCUT2D eigenvalue weighted by atomic mass is 10.2. The van der Waals surface area contributed by atoms with Crippen molar-refractivity contribution in [3.63, 3.8) is 0 Å². The van der Waals surface area contributed by atoms with Crippen LogP contribution in [-0.4, -0.2) is 4.05 Å². The normalized spacial score (nSPS) is 10.5. The highest BCUT2D eigenvalue weighted by Crippen LogP contribution is 2.21. The van der Waals surface area contributed by atoms with Gasteiger partial charge in [0.1, 0.15) is 0 Å². The summed E-state index contributed by atoms with van der Waals surface area (Å²) in [6.45, 7) is 0.623. The number of nitrogens with zero attached hydrogens (tertiary/aromatic N) is 2. The summed E-state index contributed by atoms with van der Waals surface area (Å²) in [4.78, 5) is 0. The molecule has 0 aliphatic heterocycles. The molecule has 0 unspecified atom stereocenters. The van der Waals surface area contributed by atoms with Crippen LogP contribution in [0.15, 0.2) is 60.7 Å². The fourth-order valence-corrected chi connectivity index (χ4v) is 1.87. The Bertz CT molecular complexity index is 445. The Morgan fingerprint density at radius 1 is 0.765 bits per heavy atom. The van der Waals surface area contributed by atoms with Crippen LogP contribution in [0.4, 0.5) is 5.69 Å². The Balaban J connectivity index is 2.20. The van der Waals surface area contributed by atoms with Crippen LogP contribution >= 0.6 is 23.6 Å². The highest BCUT2D eigenvalue weighted by atomic mass is 35.5. The van der Waals surface area contributed by atoms with Gasteiger partial charge in [-0.05, 0) is 21.7 Å². The van der Waals surface area contributed by atoms with Crippen molar-refractivity contribution in [2.75, 3.05) is 5.01 Å². The third-order valence-electron chi connectivity index (χ3n) is 2.41. The summed E-state index contributed by atoms with van der Waals surface area (Å²) in [5.41, 5.74) is 2.09. The monoisotopic (exact) mass is 266 g/mol. The zero-order valence-electron chi connectivity index (χ0n) is 9.13. The lowest BCUT2D eigenvalue weighted by Gasteiger charge is -2.26. The lowest BCUT2D eigenvalue weighted by Crippen LogP contribution is -2.29. The molecule has 4 heteroatoms. The minimum Gasteiger partial charge on any atom is -0.273 e. The summed E-state index contributed by atoms with van der Waals surface area (Å²) in [5.74, 6) is 0. The molecule has 0 radical (unpaired) electrons. The van der Waals surface area contributed by atoms with Gasteiger partial charge in [0.25, 0.3) is 0 Å². The first-order chi connectivity index (χ1) is 8.27. The molecule has 2 aromatic rings. The third-order valence-corrected chi connectivity index (χ3v) is 2.78. The van der Waals surface area contributed by atoms with Gasteiger partial charge in [0, 0.05) is 23.6 Å². The molecule has 2 aromatic carbocycles. The van der Waals surface area contributed by atoms with E-state index in [0.717, 1.165) is 15.3 Å². The fourth-order valence-electron chi connectivity index (χ4n) is 1.59. The summed E-state index contributed by atoms with van der Waals surface area (Å²) in [7, 11) is 0. The Labute approximate surface area is 111 Å². The number of benzene rings is 2. The van der Waals surface area contributed by atoms with E-state index in [2.05, 4.69) is 0 Å². The summed E-state index contributed by atoms with van der Waals surface area (Å²) in [6, 6.07) is 19.8. The van der Waals surface area contributed by atoms with Gasteiger partial charge in [-0.1, -0.05) is 48.5 Å². The van der Waals surface area contributed by atoms with Crippen LogP contribution in [0.25, 0.3) is 0 Å². The Morgan fingerprint density at radius 3 is 1.82 bits per heavy atom. The Kier molecular flexibility index (Phi) is 4.26. The smallest absolute Gasteiger partial charge is 0.0623 e. The van der Waals surface area contributed by atoms with Gasteiger partial charge in [0.2, 0.25) is 0 Å². The minimum atomic E-state index is 0.623. The number of rotatable bonds is 4. The van der Waals surface area contributed by atoms with E-state index in [1.165, 1.54) is 0 Å². The van der Waals surface area contributed by atoms with E-state index in [-0.39, 0.29) is 0 Å². The molecule has 2 nitrogen and oxygen atoms in total. The molecule has 0 bridgehead atoms. The molecule has 2 rings (SSSR count). The molecule has 0 atom stereocenters. The van der Waals surface area contributed by atoms with E-state index in [9.17, 15) is 0 Å². The van der Waals surface area contributed by atoms with E-state index in [4.69, 9.17) is 23.6 Å². The van der Waals surface area contributed by atoms with E-state index in [1.54, 1.807) is 5.01 Å². The predicted molar refractivity (Wildman–Crippen MR) is 72.6 cm³/mol. The SMILES string of the molecule is ClN(Cl)N(Cc1ccccc1)c1ccccc1. The second kappa shape index (κ2) is 5.92. The predicted octanol–water partition coefficient (Wildman–Crippen LogP) is 4.22. The maximum Gasteiger partial charge on any atom is 0.0623 e. The minimum absolute atomic E-state index is 0.623. The van der Waals surface area contributed by atoms with Gasteiger partial charge in [0.15, 0.2) is 0 Å². The summed E-state index contributed by atoms with van der Waals surface area (Å²) in [6.07, 6.45) is 0. The van der Waals surface area contributed by atoms with Crippen LogP contribution in [0.2, 0.25) is 0 Å². The van der Waals surface area contributed by atoms with Crippen LogP contribution < -0.4 is 5.01 Å². The van der Waals surface area contributed by atoms with Gasteiger partial charge in [-0.3, -0.25) is 5.01 Å². The number of anilines is 1. The standard InChI is InChI=1S/C13H12Cl2N2/c14-17(15)16(13-9-5-2-6-10-13)11-12-7-3-1-4-8-12/h1-10H,11H2. The topological polar surface area (TPSA) is 6.48 Å². The van der Waals surface area contributed by atoms with Crippen molar-refractivity contribution in [1.82, 2.24) is 4.05 Å². The molecular formula is C13H12Cl2N2. The molecule has 0 saturated heterocycles. The van der Waals surface area contributed by atoms with Gasteiger partial charge in [-0.2, -0.15) is 0 Å². The number of hydrazine groups is 1. The van der Waals surface area contributed by atoms with Gasteiger partial charge in [-0.15, -0.1) is 0 Å². The van der Waals surface area contributed by atoms with Crippen molar-refractivity contribution in [3.05, 3.63) is 66.2 Å². The summed E-state index contributed by atoms with van der Waals surface area (Å²) >= 11 is 11.7. The van der Waals surface area contributed by atoms with Gasteiger partial charge < -0.3 is 0 Å². The lowest BCUT2D eigenvalue weighted by molar-refractivity contribution is 0.610. The second-order valence-electron chi connectivity index (χ2n) is 3.59. The summed E-state index contributed by atoms with van der Waals surface area (Å²) < 4.78 is 1.06. The van der Waals surface area contributed by atoms with Crippen LogP contribution in [-0.2, 0) is 6.54 Å². The van der Waals surface area contributed by atoms with Gasteiger partial charge in [-0.25, -0.2) is 0 Å². The van der Waals surface area contributed by atoms with Crippen LogP contribution in [0.1, 0.15) is 5.56 Å².